The number of likely N-dealkylation sites (N-methyl/N-ethyl adjacent to an activating group) is 1. The fourth-order valence-electron chi connectivity index (χ4n) is 1.91. The van der Waals surface area contributed by atoms with Crippen LogP contribution in [0.1, 0.15) is 42.8 Å². The summed E-state index contributed by atoms with van der Waals surface area (Å²) in [4.78, 5) is 4.52. The van der Waals surface area contributed by atoms with E-state index in [-0.39, 0.29) is 0 Å². The zero-order chi connectivity index (χ0) is 12.5. The van der Waals surface area contributed by atoms with Crippen LogP contribution in [0.25, 0.3) is 0 Å². The first-order valence-electron chi connectivity index (χ1n) is 6.45. The minimum Gasteiger partial charge on any atom is -0.317 e. The Morgan fingerprint density at radius 1 is 1.47 bits per heavy atom. The van der Waals surface area contributed by atoms with E-state index >= 15 is 0 Å². The molecule has 2 nitrogen and oxygen atoms in total. The third kappa shape index (κ3) is 5.99. The third-order valence-corrected chi connectivity index (χ3v) is 3.95. The second-order valence-corrected chi connectivity index (χ2v) is 5.44. The number of nitrogens with zero attached hydrogens (tertiary/aromatic N) is 1. The molecule has 0 aromatic carbocycles. The van der Waals surface area contributed by atoms with Gasteiger partial charge in [0, 0.05) is 23.5 Å². The van der Waals surface area contributed by atoms with Crippen molar-refractivity contribution in [3.8, 4) is 0 Å². The molecule has 0 saturated heterocycles. The van der Waals surface area contributed by atoms with Crippen molar-refractivity contribution in [2.45, 2.75) is 51.5 Å². The molecule has 0 fully saturated rings. The molecular formula is C14H24N2S. The smallest absolute Gasteiger partial charge is 0.0943 e. The minimum atomic E-state index is 0.573. The molecule has 0 aliphatic carbocycles. The van der Waals surface area contributed by atoms with Crippen LogP contribution in [-0.2, 0) is 6.42 Å². The van der Waals surface area contributed by atoms with E-state index in [1.807, 2.05) is 6.08 Å². The summed E-state index contributed by atoms with van der Waals surface area (Å²) >= 11 is 1.78. The van der Waals surface area contributed by atoms with E-state index in [0.29, 0.717) is 6.04 Å². The number of thiazole rings is 1. The lowest BCUT2D eigenvalue weighted by molar-refractivity contribution is 0.486. The molecule has 0 aliphatic rings. The van der Waals surface area contributed by atoms with Gasteiger partial charge in [-0.25, -0.2) is 4.98 Å². The van der Waals surface area contributed by atoms with Crippen LogP contribution in [-0.4, -0.2) is 18.1 Å². The van der Waals surface area contributed by atoms with Crippen molar-refractivity contribution in [1.82, 2.24) is 10.3 Å². The van der Waals surface area contributed by atoms with Gasteiger partial charge in [-0.2, -0.15) is 0 Å². The first-order valence-corrected chi connectivity index (χ1v) is 7.33. The molecule has 1 aromatic rings. The molecule has 1 heterocycles. The quantitative estimate of drug-likeness (QED) is 0.535. The Balaban J connectivity index is 2.21. The largest absolute Gasteiger partial charge is 0.317 e. The van der Waals surface area contributed by atoms with Gasteiger partial charge < -0.3 is 5.32 Å². The predicted molar refractivity (Wildman–Crippen MR) is 76.7 cm³/mol. The molecule has 96 valence electrons. The van der Waals surface area contributed by atoms with Gasteiger partial charge in [0.15, 0.2) is 0 Å². The molecule has 17 heavy (non-hydrogen) atoms. The number of hydrogen-bond donors (Lipinski definition) is 1. The highest BCUT2D eigenvalue weighted by molar-refractivity contribution is 7.09. The molecule has 1 rings (SSSR count). The second-order valence-electron chi connectivity index (χ2n) is 4.50. The van der Waals surface area contributed by atoms with Gasteiger partial charge in [0.25, 0.3) is 0 Å². The average Bonchev–Trinajstić information content (AvgIpc) is 2.73. The maximum Gasteiger partial charge on any atom is 0.0943 e. The Hall–Kier alpha value is -0.670. The van der Waals surface area contributed by atoms with Gasteiger partial charge in [0.05, 0.1) is 5.01 Å². The summed E-state index contributed by atoms with van der Waals surface area (Å²) in [6, 6.07) is 0.573. The Kier molecular flexibility index (Phi) is 7.13. The van der Waals surface area contributed by atoms with Gasteiger partial charge in [0.1, 0.15) is 0 Å². The zero-order valence-electron chi connectivity index (χ0n) is 11.0. The van der Waals surface area contributed by atoms with Crippen molar-refractivity contribution in [1.29, 1.82) is 0 Å². The summed E-state index contributed by atoms with van der Waals surface area (Å²) in [6.45, 7) is 5.81. The van der Waals surface area contributed by atoms with E-state index < -0.39 is 0 Å². The maximum atomic E-state index is 4.52. The van der Waals surface area contributed by atoms with Crippen LogP contribution >= 0.6 is 11.3 Å². The molecule has 0 saturated carbocycles. The molecule has 0 aliphatic heterocycles. The summed E-state index contributed by atoms with van der Waals surface area (Å²) < 4.78 is 0. The minimum absolute atomic E-state index is 0.573. The lowest BCUT2D eigenvalue weighted by Crippen LogP contribution is -2.27. The molecular weight excluding hydrogens is 228 g/mol. The van der Waals surface area contributed by atoms with Crippen molar-refractivity contribution < 1.29 is 0 Å². The zero-order valence-corrected chi connectivity index (χ0v) is 11.9. The number of hydrogen-bond acceptors (Lipinski definition) is 3. The Bertz CT molecular complexity index is 320. The highest BCUT2D eigenvalue weighted by Crippen LogP contribution is 2.14. The summed E-state index contributed by atoms with van der Waals surface area (Å²) in [5.74, 6) is 0. The molecule has 1 atom stereocenters. The van der Waals surface area contributed by atoms with E-state index in [2.05, 4.69) is 36.2 Å². The Labute approximate surface area is 109 Å². The van der Waals surface area contributed by atoms with Crippen molar-refractivity contribution in [2.75, 3.05) is 7.05 Å². The van der Waals surface area contributed by atoms with Crippen molar-refractivity contribution in [2.24, 2.45) is 0 Å². The van der Waals surface area contributed by atoms with Crippen LogP contribution in [0, 0.1) is 6.92 Å². The number of nitrogens with one attached hydrogen (secondary N) is 1. The first kappa shape index (κ1) is 14.4. The molecule has 0 radical (unpaired) electrons. The highest BCUT2D eigenvalue weighted by atomic mass is 32.1. The van der Waals surface area contributed by atoms with E-state index in [0.717, 1.165) is 18.5 Å². The van der Waals surface area contributed by atoms with Gasteiger partial charge in [0.2, 0.25) is 0 Å². The molecule has 0 spiro atoms. The highest BCUT2D eigenvalue weighted by Gasteiger charge is 2.09. The number of rotatable bonds is 9. The summed E-state index contributed by atoms with van der Waals surface area (Å²) in [7, 11) is 2.05. The fourth-order valence-corrected chi connectivity index (χ4v) is 2.77. The van der Waals surface area contributed by atoms with Crippen LogP contribution in [0.5, 0.6) is 0 Å². The lowest BCUT2D eigenvalue weighted by atomic mass is 10.0. The van der Waals surface area contributed by atoms with Crippen molar-refractivity contribution in [3.05, 3.63) is 28.7 Å². The molecule has 0 amide bonds. The normalized spacial score (nSPS) is 12.6. The number of aromatic nitrogens is 1. The van der Waals surface area contributed by atoms with Crippen LogP contribution in [0.15, 0.2) is 18.0 Å². The summed E-state index contributed by atoms with van der Waals surface area (Å²) in [5, 5.41) is 6.79. The van der Waals surface area contributed by atoms with Gasteiger partial charge in [-0.15, -0.1) is 17.9 Å². The summed E-state index contributed by atoms with van der Waals surface area (Å²) in [5.41, 5.74) is 1.14. The Morgan fingerprint density at radius 3 is 2.88 bits per heavy atom. The van der Waals surface area contributed by atoms with Crippen molar-refractivity contribution in [3.63, 3.8) is 0 Å². The van der Waals surface area contributed by atoms with E-state index in [9.17, 15) is 0 Å². The molecule has 1 N–H and O–H groups in total. The Morgan fingerprint density at radius 2 is 2.29 bits per heavy atom. The van der Waals surface area contributed by atoms with Gasteiger partial charge in [-0.05, 0) is 33.2 Å². The standard InChI is InChI=1S/C14H24N2S/c1-4-5-6-7-8-9-13(15-3)10-14-16-12(2)11-17-14/h4,11,13,15H,1,5-10H2,2-3H3. The number of unbranched alkanes of at least 4 members (excludes halogenated alkanes) is 3. The third-order valence-electron chi connectivity index (χ3n) is 2.96. The monoisotopic (exact) mass is 252 g/mol. The van der Waals surface area contributed by atoms with Gasteiger partial charge in [-0.1, -0.05) is 18.9 Å². The van der Waals surface area contributed by atoms with E-state index in [1.165, 1.54) is 30.7 Å². The molecule has 1 aromatic heterocycles. The van der Waals surface area contributed by atoms with E-state index in [4.69, 9.17) is 0 Å². The molecule has 3 heteroatoms. The first-order chi connectivity index (χ1) is 8.26. The SMILES string of the molecule is C=CCCCCCC(Cc1nc(C)cs1)NC. The molecule has 1 unspecified atom stereocenters. The maximum absolute atomic E-state index is 4.52. The van der Waals surface area contributed by atoms with Crippen LogP contribution < -0.4 is 5.32 Å². The van der Waals surface area contributed by atoms with E-state index in [1.54, 1.807) is 11.3 Å². The van der Waals surface area contributed by atoms with Crippen LogP contribution in [0.3, 0.4) is 0 Å². The topological polar surface area (TPSA) is 24.9 Å². The summed E-state index contributed by atoms with van der Waals surface area (Å²) in [6.07, 6.45) is 9.34. The van der Waals surface area contributed by atoms with Crippen LogP contribution in [0.2, 0.25) is 0 Å². The number of allylic oxidation sites excluding steroid dienone is 1. The van der Waals surface area contributed by atoms with Gasteiger partial charge >= 0.3 is 0 Å². The lowest BCUT2D eigenvalue weighted by Gasteiger charge is -2.14. The van der Waals surface area contributed by atoms with Crippen molar-refractivity contribution >= 4 is 11.3 Å². The fraction of sp³-hybridized carbons (Fsp3) is 0.643. The second kappa shape index (κ2) is 8.43. The predicted octanol–water partition coefficient (Wildman–Crippen LogP) is 3.72. The van der Waals surface area contributed by atoms with Crippen LogP contribution in [0.4, 0.5) is 0 Å². The molecule has 0 bridgehead atoms. The van der Waals surface area contributed by atoms with Gasteiger partial charge in [-0.3, -0.25) is 0 Å². The average molecular weight is 252 g/mol. The number of aryl methyl sites for hydroxylation is 1.